The number of carbonyl (C=O) groups is 1. The van der Waals surface area contributed by atoms with Crippen molar-refractivity contribution in [2.45, 2.75) is 19.9 Å². The molecular formula is C8H12N2O2. The molecule has 66 valence electrons. The van der Waals surface area contributed by atoms with Crippen LogP contribution in [0.5, 0.6) is 5.75 Å². The van der Waals surface area contributed by atoms with Gasteiger partial charge in [-0.3, -0.25) is 9.48 Å². The highest BCUT2D eigenvalue weighted by atomic mass is 16.5. The summed E-state index contributed by atoms with van der Waals surface area (Å²) in [5, 5.41) is 4.02. The van der Waals surface area contributed by atoms with Crippen molar-refractivity contribution >= 4 is 6.29 Å². The molecule has 0 saturated heterocycles. The highest BCUT2D eigenvalue weighted by molar-refractivity contribution is 5.76. The topological polar surface area (TPSA) is 44.1 Å². The van der Waals surface area contributed by atoms with Crippen molar-refractivity contribution in [3.05, 3.63) is 11.9 Å². The van der Waals surface area contributed by atoms with Crippen LogP contribution in [-0.2, 0) is 0 Å². The van der Waals surface area contributed by atoms with Crippen LogP contribution in [0, 0.1) is 0 Å². The molecule has 4 heteroatoms. The molecule has 0 radical (unpaired) electrons. The number of rotatable bonds is 3. The van der Waals surface area contributed by atoms with Crippen molar-refractivity contribution in [1.29, 1.82) is 0 Å². The number of hydrogen-bond donors (Lipinski definition) is 0. The normalized spacial score (nSPS) is 10.3. The first-order valence-electron chi connectivity index (χ1n) is 3.77. The third-order valence-corrected chi connectivity index (χ3v) is 1.62. The summed E-state index contributed by atoms with van der Waals surface area (Å²) < 4.78 is 6.58. The standard InChI is InChI=1S/C8H12N2O2/c1-6(2)10-7(5-11)8(12-3)4-9-10/h4-6H,1-3H3. The first kappa shape index (κ1) is 8.77. The molecular weight excluding hydrogens is 156 g/mol. The number of aldehydes is 1. The zero-order chi connectivity index (χ0) is 9.14. The van der Waals surface area contributed by atoms with Crippen LogP contribution >= 0.6 is 0 Å². The Morgan fingerprint density at radius 1 is 1.67 bits per heavy atom. The van der Waals surface area contributed by atoms with E-state index in [-0.39, 0.29) is 6.04 Å². The predicted octanol–water partition coefficient (Wildman–Crippen LogP) is 1.29. The predicted molar refractivity (Wildman–Crippen MR) is 44.6 cm³/mol. The van der Waals surface area contributed by atoms with E-state index in [0.717, 1.165) is 6.29 Å². The van der Waals surface area contributed by atoms with Gasteiger partial charge in [-0.25, -0.2) is 0 Å². The average Bonchev–Trinajstić information content (AvgIpc) is 2.46. The molecule has 1 heterocycles. The van der Waals surface area contributed by atoms with E-state index in [2.05, 4.69) is 5.10 Å². The van der Waals surface area contributed by atoms with Crippen molar-refractivity contribution < 1.29 is 9.53 Å². The van der Waals surface area contributed by atoms with Crippen LogP contribution in [-0.4, -0.2) is 23.2 Å². The summed E-state index contributed by atoms with van der Waals surface area (Å²) in [5.41, 5.74) is 0.493. The Labute approximate surface area is 71.1 Å². The molecule has 0 amide bonds. The van der Waals surface area contributed by atoms with Crippen molar-refractivity contribution in [1.82, 2.24) is 9.78 Å². The maximum atomic E-state index is 10.6. The van der Waals surface area contributed by atoms with Gasteiger partial charge in [0.2, 0.25) is 0 Å². The van der Waals surface area contributed by atoms with Gasteiger partial charge in [0.1, 0.15) is 5.69 Å². The van der Waals surface area contributed by atoms with Gasteiger partial charge in [0.05, 0.1) is 13.3 Å². The Kier molecular flexibility index (Phi) is 2.47. The molecule has 0 aliphatic rings. The molecule has 0 aromatic carbocycles. The number of ether oxygens (including phenoxy) is 1. The molecule has 0 aliphatic carbocycles. The summed E-state index contributed by atoms with van der Waals surface area (Å²) in [7, 11) is 1.52. The summed E-state index contributed by atoms with van der Waals surface area (Å²) in [6.45, 7) is 3.92. The van der Waals surface area contributed by atoms with E-state index < -0.39 is 0 Å². The summed E-state index contributed by atoms with van der Waals surface area (Å²) >= 11 is 0. The fourth-order valence-corrected chi connectivity index (χ4v) is 1.04. The lowest BCUT2D eigenvalue weighted by Gasteiger charge is -2.06. The lowest BCUT2D eigenvalue weighted by molar-refractivity contribution is 0.111. The van der Waals surface area contributed by atoms with E-state index in [0.29, 0.717) is 11.4 Å². The van der Waals surface area contributed by atoms with Crippen LogP contribution in [0.25, 0.3) is 0 Å². The number of methoxy groups -OCH3 is 1. The van der Waals surface area contributed by atoms with Crippen LogP contribution in [0.3, 0.4) is 0 Å². The number of nitrogens with zero attached hydrogens (tertiary/aromatic N) is 2. The van der Waals surface area contributed by atoms with Crippen molar-refractivity contribution in [2.24, 2.45) is 0 Å². The van der Waals surface area contributed by atoms with Gasteiger partial charge in [0.25, 0.3) is 0 Å². The van der Waals surface area contributed by atoms with E-state index in [9.17, 15) is 4.79 Å². The minimum absolute atomic E-state index is 0.175. The molecule has 0 spiro atoms. The third-order valence-electron chi connectivity index (χ3n) is 1.62. The van der Waals surface area contributed by atoms with Gasteiger partial charge in [-0.05, 0) is 13.8 Å². The molecule has 0 saturated carbocycles. The molecule has 0 N–H and O–H groups in total. The van der Waals surface area contributed by atoms with Crippen LogP contribution in [0.4, 0.5) is 0 Å². The number of hydrogen-bond acceptors (Lipinski definition) is 3. The third kappa shape index (κ3) is 1.32. The fraction of sp³-hybridized carbons (Fsp3) is 0.500. The lowest BCUT2D eigenvalue weighted by Crippen LogP contribution is -2.07. The quantitative estimate of drug-likeness (QED) is 0.639. The molecule has 12 heavy (non-hydrogen) atoms. The lowest BCUT2D eigenvalue weighted by atomic mass is 10.3. The van der Waals surface area contributed by atoms with E-state index in [1.165, 1.54) is 7.11 Å². The molecule has 0 fully saturated rings. The zero-order valence-electron chi connectivity index (χ0n) is 7.44. The molecule has 1 aromatic rings. The fourth-order valence-electron chi connectivity index (χ4n) is 1.04. The summed E-state index contributed by atoms with van der Waals surface area (Å²) in [5.74, 6) is 0.527. The summed E-state index contributed by atoms with van der Waals surface area (Å²) in [4.78, 5) is 10.6. The van der Waals surface area contributed by atoms with Crippen LogP contribution in [0.15, 0.2) is 6.20 Å². The monoisotopic (exact) mass is 168 g/mol. The molecule has 1 rings (SSSR count). The van der Waals surface area contributed by atoms with Gasteiger partial charge in [-0.1, -0.05) is 0 Å². The second kappa shape index (κ2) is 3.38. The van der Waals surface area contributed by atoms with E-state index in [1.54, 1.807) is 10.9 Å². The van der Waals surface area contributed by atoms with E-state index >= 15 is 0 Å². The SMILES string of the molecule is COc1cnn(C(C)C)c1C=O. The minimum Gasteiger partial charge on any atom is -0.493 e. The summed E-state index contributed by atoms with van der Waals surface area (Å²) in [6.07, 6.45) is 2.30. The van der Waals surface area contributed by atoms with Crippen LogP contribution in [0.1, 0.15) is 30.4 Å². The Morgan fingerprint density at radius 2 is 2.33 bits per heavy atom. The largest absolute Gasteiger partial charge is 0.493 e. The Bertz CT molecular complexity index is 279. The minimum atomic E-state index is 0.175. The molecule has 4 nitrogen and oxygen atoms in total. The molecule has 1 aromatic heterocycles. The molecule has 0 bridgehead atoms. The van der Waals surface area contributed by atoms with Crippen molar-refractivity contribution in [2.75, 3.05) is 7.11 Å². The second-order valence-electron chi connectivity index (χ2n) is 2.75. The van der Waals surface area contributed by atoms with Crippen LogP contribution < -0.4 is 4.74 Å². The second-order valence-corrected chi connectivity index (χ2v) is 2.75. The first-order chi connectivity index (χ1) is 5.70. The first-order valence-corrected chi connectivity index (χ1v) is 3.77. The van der Waals surface area contributed by atoms with Crippen molar-refractivity contribution in [3.63, 3.8) is 0 Å². The highest BCUT2D eigenvalue weighted by Gasteiger charge is 2.11. The molecule has 0 aliphatic heterocycles. The number of aromatic nitrogens is 2. The van der Waals surface area contributed by atoms with E-state index in [1.807, 2.05) is 13.8 Å². The maximum Gasteiger partial charge on any atom is 0.171 e. The Balaban J connectivity index is 3.13. The maximum absolute atomic E-state index is 10.6. The van der Waals surface area contributed by atoms with Gasteiger partial charge in [0.15, 0.2) is 12.0 Å². The number of carbonyl (C=O) groups excluding carboxylic acids is 1. The smallest absolute Gasteiger partial charge is 0.171 e. The molecule has 0 unspecified atom stereocenters. The Morgan fingerprint density at radius 3 is 2.75 bits per heavy atom. The van der Waals surface area contributed by atoms with Gasteiger partial charge in [-0.15, -0.1) is 0 Å². The summed E-state index contributed by atoms with van der Waals surface area (Å²) in [6, 6.07) is 0.175. The zero-order valence-corrected chi connectivity index (χ0v) is 7.44. The van der Waals surface area contributed by atoms with Crippen molar-refractivity contribution in [3.8, 4) is 5.75 Å². The highest BCUT2D eigenvalue weighted by Crippen LogP contribution is 2.18. The van der Waals surface area contributed by atoms with Crippen LogP contribution in [0.2, 0.25) is 0 Å². The van der Waals surface area contributed by atoms with E-state index in [4.69, 9.17) is 4.74 Å². The van der Waals surface area contributed by atoms with Gasteiger partial charge in [-0.2, -0.15) is 5.10 Å². The van der Waals surface area contributed by atoms with Gasteiger partial charge < -0.3 is 4.74 Å². The van der Waals surface area contributed by atoms with Gasteiger partial charge in [0, 0.05) is 6.04 Å². The Hall–Kier alpha value is -1.32. The average molecular weight is 168 g/mol. The molecule has 0 atom stereocenters. The van der Waals surface area contributed by atoms with Gasteiger partial charge >= 0.3 is 0 Å².